The maximum Gasteiger partial charge on any atom is 0.303 e. The van der Waals surface area contributed by atoms with Crippen molar-refractivity contribution in [3.63, 3.8) is 0 Å². The average molecular weight is 283 g/mol. The van der Waals surface area contributed by atoms with E-state index in [-0.39, 0.29) is 29.8 Å². The summed E-state index contributed by atoms with van der Waals surface area (Å²) in [5.41, 5.74) is 0.667. The van der Waals surface area contributed by atoms with Crippen molar-refractivity contribution >= 4 is 29.3 Å². The smallest absolute Gasteiger partial charge is 0.303 e. The van der Waals surface area contributed by atoms with Gasteiger partial charge in [-0.05, 0) is 18.2 Å². The van der Waals surface area contributed by atoms with Crippen LogP contribution in [0.4, 0.5) is 10.1 Å². The van der Waals surface area contributed by atoms with Gasteiger partial charge in [0.2, 0.25) is 5.91 Å². The fourth-order valence-corrected chi connectivity index (χ4v) is 3.14. The molecular formula is C13H14FNO3S. The highest BCUT2D eigenvalue weighted by Gasteiger charge is 2.27. The van der Waals surface area contributed by atoms with Crippen molar-refractivity contribution in [2.24, 2.45) is 0 Å². The Bertz CT molecular complexity index is 521. The van der Waals surface area contributed by atoms with Crippen molar-refractivity contribution in [3.8, 4) is 0 Å². The number of halogens is 1. The Hall–Kier alpha value is -1.56. The fourth-order valence-electron chi connectivity index (χ4n) is 2.00. The van der Waals surface area contributed by atoms with Gasteiger partial charge in [0.25, 0.3) is 0 Å². The van der Waals surface area contributed by atoms with Crippen LogP contribution in [0.1, 0.15) is 19.8 Å². The minimum Gasteiger partial charge on any atom is -0.481 e. The van der Waals surface area contributed by atoms with Gasteiger partial charge in [0.05, 0.1) is 12.1 Å². The van der Waals surface area contributed by atoms with Gasteiger partial charge in [0.1, 0.15) is 5.82 Å². The number of carboxylic acids is 1. The molecule has 1 heterocycles. The fraction of sp³-hybridized carbons (Fsp3) is 0.385. The number of anilines is 1. The second-order valence-corrected chi connectivity index (χ2v) is 5.92. The molecule has 1 aliphatic heterocycles. The van der Waals surface area contributed by atoms with Crippen LogP contribution in [0.5, 0.6) is 0 Å². The van der Waals surface area contributed by atoms with Crippen LogP contribution in [0.2, 0.25) is 0 Å². The summed E-state index contributed by atoms with van der Waals surface area (Å²) in [6, 6.07) is 4.29. The first-order valence-electron chi connectivity index (χ1n) is 5.95. The number of benzene rings is 1. The molecule has 0 aromatic heterocycles. The Morgan fingerprint density at radius 3 is 2.89 bits per heavy atom. The molecule has 1 aliphatic rings. The Labute approximate surface area is 114 Å². The van der Waals surface area contributed by atoms with Gasteiger partial charge in [-0.3, -0.25) is 9.59 Å². The summed E-state index contributed by atoms with van der Waals surface area (Å²) in [6.07, 6.45) is -0.225. The third-order valence-corrected chi connectivity index (χ3v) is 3.97. The molecule has 0 fully saturated rings. The predicted molar refractivity (Wildman–Crippen MR) is 70.9 cm³/mol. The van der Waals surface area contributed by atoms with Gasteiger partial charge in [0.15, 0.2) is 0 Å². The van der Waals surface area contributed by atoms with Crippen LogP contribution in [0, 0.1) is 5.82 Å². The summed E-state index contributed by atoms with van der Waals surface area (Å²) in [5, 5.41) is 8.78. The van der Waals surface area contributed by atoms with Gasteiger partial charge in [-0.2, -0.15) is 0 Å². The zero-order valence-corrected chi connectivity index (χ0v) is 11.2. The van der Waals surface area contributed by atoms with E-state index in [2.05, 4.69) is 0 Å². The minimum atomic E-state index is -0.993. The van der Waals surface area contributed by atoms with E-state index < -0.39 is 5.97 Å². The highest BCUT2D eigenvalue weighted by molar-refractivity contribution is 8.00. The maximum absolute atomic E-state index is 13.2. The first-order chi connectivity index (χ1) is 8.97. The number of carboxylic acid groups (broad SMARTS) is 1. The summed E-state index contributed by atoms with van der Waals surface area (Å²) in [7, 11) is 0. The largest absolute Gasteiger partial charge is 0.481 e. The summed E-state index contributed by atoms with van der Waals surface area (Å²) in [6.45, 7) is 2.47. The first-order valence-corrected chi connectivity index (χ1v) is 6.83. The molecule has 0 saturated carbocycles. The van der Waals surface area contributed by atoms with Crippen molar-refractivity contribution in [2.75, 3.05) is 11.4 Å². The molecule has 1 N–H and O–H groups in total. The van der Waals surface area contributed by atoms with Gasteiger partial charge in [-0.25, -0.2) is 4.39 Å². The van der Waals surface area contributed by atoms with Crippen LogP contribution in [0.15, 0.2) is 23.1 Å². The van der Waals surface area contributed by atoms with Crippen LogP contribution in [0.25, 0.3) is 0 Å². The molecule has 0 aliphatic carbocycles. The second kappa shape index (κ2) is 5.61. The second-order valence-electron chi connectivity index (χ2n) is 4.44. The number of amides is 1. The number of fused-ring (bicyclic) bond motifs is 1. The number of hydrogen-bond donors (Lipinski definition) is 1. The van der Waals surface area contributed by atoms with Crippen LogP contribution in [-0.2, 0) is 9.59 Å². The summed E-state index contributed by atoms with van der Waals surface area (Å²) in [5.74, 6) is -1.56. The van der Waals surface area contributed by atoms with Crippen molar-refractivity contribution in [1.82, 2.24) is 0 Å². The maximum atomic E-state index is 13.2. The van der Waals surface area contributed by atoms with Crippen molar-refractivity contribution in [3.05, 3.63) is 24.0 Å². The molecule has 4 nitrogen and oxygen atoms in total. The van der Waals surface area contributed by atoms with E-state index in [4.69, 9.17) is 5.11 Å². The Kier molecular flexibility index (Phi) is 4.09. The zero-order valence-electron chi connectivity index (χ0n) is 10.4. The highest BCUT2D eigenvalue weighted by atomic mass is 32.2. The molecule has 0 radical (unpaired) electrons. The Morgan fingerprint density at radius 2 is 2.21 bits per heavy atom. The quantitative estimate of drug-likeness (QED) is 0.926. The Balaban J connectivity index is 2.22. The monoisotopic (exact) mass is 283 g/mol. The van der Waals surface area contributed by atoms with Gasteiger partial charge >= 0.3 is 5.97 Å². The van der Waals surface area contributed by atoms with Crippen LogP contribution < -0.4 is 4.90 Å². The number of thioether (sulfide) groups is 1. The van der Waals surface area contributed by atoms with Crippen LogP contribution >= 0.6 is 11.8 Å². The van der Waals surface area contributed by atoms with E-state index >= 15 is 0 Å². The van der Waals surface area contributed by atoms with E-state index in [1.165, 1.54) is 23.9 Å². The molecule has 1 atom stereocenters. The molecule has 102 valence electrons. The molecule has 19 heavy (non-hydrogen) atoms. The van der Waals surface area contributed by atoms with E-state index in [0.717, 1.165) is 4.90 Å². The number of aliphatic carboxylic acids is 1. The normalized spacial score (nSPS) is 18.0. The van der Waals surface area contributed by atoms with E-state index in [1.807, 2.05) is 6.92 Å². The molecule has 1 unspecified atom stereocenters. The lowest BCUT2D eigenvalue weighted by atomic mass is 10.2. The first kappa shape index (κ1) is 13.9. The molecular weight excluding hydrogens is 269 g/mol. The van der Waals surface area contributed by atoms with E-state index in [9.17, 15) is 14.0 Å². The van der Waals surface area contributed by atoms with Crippen LogP contribution in [0.3, 0.4) is 0 Å². The Morgan fingerprint density at radius 1 is 1.47 bits per heavy atom. The third-order valence-electron chi connectivity index (χ3n) is 2.83. The topological polar surface area (TPSA) is 57.6 Å². The summed E-state index contributed by atoms with van der Waals surface area (Å²) < 4.78 is 13.2. The minimum absolute atomic E-state index is 0.0382. The van der Waals surface area contributed by atoms with Gasteiger partial charge < -0.3 is 10.0 Å². The third kappa shape index (κ3) is 3.26. The lowest BCUT2D eigenvalue weighted by molar-refractivity contribution is -0.138. The summed E-state index contributed by atoms with van der Waals surface area (Å²) >= 11 is 1.52. The van der Waals surface area contributed by atoms with Gasteiger partial charge in [0, 0.05) is 23.1 Å². The van der Waals surface area contributed by atoms with Crippen LogP contribution in [-0.4, -0.2) is 28.8 Å². The average Bonchev–Trinajstić information content (AvgIpc) is 2.34. The molecule has 1 aromatic carbocycles. The van der Waals surface area contributed by atoms with Gasteiger partial charge in [-0.15, -0.1) is 11.8 Å². The molecule has 1 amide bonds. The van der Waals surface area contributed by atoms with Gasteiger partial charge in [-0.1, -0.05) is 6.92 Å². The number of hydrogen-bond acceptors (Lipinski definition) is 3. The number of carbonyl (C=O) groups excluding carboxylic acids is 1. The highest BCUT2D eigenvalue weighted by Crippen LogP contribution is 2.39. The molecule has 0 spiro atoms. The molecule has 0 bridgehead atoms. The van der Waals surface area contributed by atoms with Crippen molar-refractivity contribution in [2.45, 2.75) is 29.9 Å². The predicted octanol–water partition coefficient (Wildman–Crippen LogP) is 2.52. The molecule has 1 aromatic rings. The zero-order chi connectivity index (χ0) is 14.0. The number of nitrogens with zero attached hydrogens (tertiary/aromatic N) is 1. The standard InChI is InChI=1S/C13H14FNO3S/c1-8-7-15(12(16)4-5-13(17)18)10-3-2-9(14)6-11(10)19-8/h2-3,6,8H,4-5,7H2,1H3,(H,17,18). The lowest BCUT2D eigenvalue weighted by Gasteiger charge is -2.32. The van der Waals surface area contributed by atoms with Crippen molar-refractivity contribution in [1.29, 1.82) is 0 Å². The number of rotatable bonds is 3. The molecule has 6 heteroatoms. The van der Waals surface area contributed by atoms with Crippen molar-refractivity contribution < 1.29 is 19.1 Å². The van der Waals surface area contributed by atoms with E-state index in [1.54, 1.807) is 11.0 Å². The number of carbonyl (C=O) groups is 2. The lowest BCUT2D eigenvalue weighted by Crippen LogP contribution is -2.38. The SMILES string of the molecule is CC1CN(C(=O)CCC(=O)O)c2ccc(F)cc2S1. The molecule has 2 rings (SSSR count). The summed E-state index contributed by atoms with van der Waals surface area (Å²) in [4.78, 5) is 24.9. The molecule has 0 saturated heterocycles. The van der Waals surface area contributed by atoms with E-state index in [0.29, 0.717) is 12.2 Å².